The van der Waals surface area contributed by atoms with Gasteiger partial charge in [0, 0.05) is 17.7 Å². The van der Waals surface area contributed by atoms with Crippen LogP contribution in [-0.2, 0) is 10.0 Å². The predicted molar refractivity (Wildman–Crippen MR) is 83.5 cm³/mol. The minimum atomic E-state index is -3.74. The van der Waals surface area contributed by atoms with E-state index in [9.17, 15) is 8.42 Å². The van der Waals surface area contributed by atoms with Crippen LogP contribution in [-0.4, -0.2) is 20.4 Å². The van der Waals surface area contributed by atoms with Gasteiger partial charge in [-0.05, 0) is 36.8 Å². The molecule has 106 valence electrons. The predicted octanol–water partition coefficient (Wildman–Crippen LogP) is 3.00. The highest BCUT2D eigenvalue weighted by Crippen LogP contribution is 2.27. The Balaban J connectivity index is 2.44. The van der Waals surface area contributed by atoms with Crippen LogP contribution in [0, 0.1) is 6.92 Å². The summed E-state index contributed by atoms with van der Waals surface area (Å²) >= 11 is 3.38. The number of nitrogens with one attached hydrogen (secondary N) is 2. The summed E-state index contributed by atoms with van der Waals surface area (Å²) in [5.41, 5.74) is 1.79. The number of halogens is 1. The van der Waals surface area contributed by atoms with Gasteiger partial charge in [-0.25, -0.2) is 4.98 Å². The van der Waals surface area contributed by atoms with Gasteiger partial charge in [0.15, 0.2) is 5.03 Å². The summed E-state index contributed by atoms with van der Waals surface area (Å²) in [4.78, 5) is 3.94. The number of anilines is 2. The van der Waals surface area contributed by atoms with E-state index in [-0.39, 0.29) is 5.03 Å². The van der Waals surface area contributed by atoms with Gasteiger partial charge in [0.05, 0.1) is 11.4 Å². The third-order valence-corrected chi connectivity index (χ3v) is 4.99. The second-order valence-electron chi connectivity index (χ2n) is 4.12. The fourth-order valence-corrected chi connectivity index (χ4v) is 3.34. The molecule has 0 fully saturated rings. The molecule has 0 aliphatic carbocycles. The molecule has 2 aromatic rings. The maximum absolute atomic E-state index is 12.4. The average molecular weight is 356 g/mol. The van der Waals surface area contributed by atoms with Crippen molar-refractivity contribution in [3.63, 3.8) is 0 Å². The van der Waals surface area contributed by atoms with Crippen LogP contribution < -0.4 is 10.0 Å². The molecule has 20 heavy (non-hydrogen) atoms. The largest absolute Gasteiger partial charge is 0.386 e. The second kappa shape index (κ2) is 5.80. The quantitative estimate of drug-likeness (QED) is 0.884. The molecule has 1 aromatic carbocycles. The molecule has 0 amide bonds. The van der Waals surface area contributed by atoms with E-state index in [1.807, 2.05) is 13.0 Å². The Kier molecular flexibility index (Phi) is 4.29. The van der Waals surface area contributed by atoms with Crippen molar-refractivity contribution in [1.82, 2.24) is 4.98 Å². The SMILES string of the molecule is CNc1cccnc1S(=O)(=O)Nc1cccc(Br)c1C. The van der Waals surface area contributed by atoms with Crippen molar-refractivity contribution in [2.24, 2.45) is 0 Å². The van der Waals surface area contributed by atoms with Crippen molar-refractivity contribution in [2.75, 3.05) is 17.1 Å². The highest BCUT2D eigenvalue weighted by atomic mass is 79.9. The number of hydrogen-bond acceptors (Lipinski definition) is 4. The van der Waals surface area contributed by atoms with Crippen LogP contribution in [0.15, 0.2) is 46.0 Å². The molecule has 0 aliphatic heterocycles. The highest BCUT2D eigenvalue weighted by Gasteiger charge is 2.20. The van der Waals surface area contributed by atoms with Gasteiger partial charge in [-0.15, -0.1) is 0 Å². The monoisotopic (exact) mass is 355 g/mol. The molecular formula is C13H14BrN3O2S. The summed E-state index contributed by atoms with van der Waals surface area (Å²) in [6.45, 7) is 1.83. The van der Waals surface area contributed by atoms with Crippen molar-refractivity contribution >= 4 is 37.3 Å². The molecule has 2 N–H and O–H groups in total. The lowest BCUT2D eigenvalue weighted by atomic mass is 10.2. The lowest BCUT2D eigenvalue weighted by Gasteiger charge is -2.13. The Bertz CT molecular complexity index is 732. The number of benzene rings is 1. The van der Waals surface area contributed by atoms with Crippen molar-refractivity contribution in [2.45, 2.75) is 11.9 Å². The number of rotatable bonds is 4. The number of hydrogen-bond donors (Lipinski definition) is 2. The molecule has 7 heteroatoms. The molecule has 0 saturated carbocycles. The van der Waals surface area contributed by atoms with Crippen LogP contribution in [0.4, 0.5) is 11.4 Å². The van der Waals surface area contributed by atoms with Crippen LogP contribution in [0.25, 0.3) is 0 Å². The molecule has 0 bridgehead atoms. The minimum absolute atomic E-state index is 0.0260. The Morgan fingerprint density at radius 1 is 1.15 bits per heavy atom. The third kappa shape index (κ3) is 2.94. The minimum Gasteiger partial charge on any atom is -0.386 e. The molecule has 0 radical (unpaired) electrons. The second-order valence-corrected chi connectivity index (χ2v) is 6.58. The summed E-state index contributed by atoms with van der Waals surface area (Å²) < 4.78 is 28.2. The van der Waals surface area contributed by atoms with Crippen LogP contribution >= 0.6 is 15.9 Å². The first-order valence-electron chi connectivity index (χ1n) is 5.86. The zero-order valence-electron chi connectivity index (χ0n) is 11.0. The van der Waals surface area contributed by atoms with E-state index in [0.717, 1.165) is 10.0 Å². The van der Waals surface area contributed by atoms with Crippen LogP contribution in [0.1, 0.15) is 5.56 Å². The zero-order chi connectivity index (χ0) is 14.8. The first-order valence-corrected chi connectivity index (χ1v) is 8.14. The Hall–Kier alpha value is -1.60. The summed E-state index contributed by atoms with van der Waals surface area (Å²) in [5.74, 6) is 0. The first kappa shape index (κ1) is 14.8. The summed E-state index contributed by atoms with van der Waals surface area (Å²) in [5, 5.41) is 2.80. The molecule has 1 heterocycles. The first-order chi connectivity index (χ1) is 9.45. The van der Waals surface area contributed by atoms with Gasteiger partial charge in [-0.1, -0.05) is 22.0 Å². The number of sulfonamides is 1. The van der Waals surface area contributed by atoms with Crippen LogP contribution in [0.5, 0.6) is 0 Å². The smallest absolute Gasteiger partial charge is 0.281 e. The van der Waals surface area contributed by atoms with E-state index in [1.165, 1.54) is 6.20 Å². The molecule has 1 aromatic heterocycles. The van der Waals surface area contributed by atoms with Crippen LogP contribution in [0.2, 0.25) is 0 Å². The molecule has 2 rings (SSSR count). The fraction of sp³-hybridized carbons (Fsp3) is 0.154. The number of aromatic nitrogens is 1. The van der Waals surface area contributed by atoms with Crippen molar-refractivity contribution in [3.8, 4) is 0 Å². The molecule has 0 spiro atoms. The normalized spacial score (nSPS) is 11.2. The van der Waals surface area contributed by atoms with Crippen molar-refractivity contribution in [3.05, 3.63) is 46.6 Å². The van der Waals surface area contributed by atoms with E-state index in [1.54, 1.807) is 31.3 Å². The van der Waals surface area contributed by atoms with Gasteiger partial charge in [-0.3, -0.25) is 4.72 Å². The molecule has 0 unspecified atom stereocenters. The maximum Gasteiger partial charge on any atom is 0.281 e. The standard InChI is InChI=1S/C13H14BrN3O2S/c1-9-10(14)5-3-6-11(9)17-20(18,19)13-12(15-2)7-4-8-16-13/h3-8,15,17H,1-2H3. The fourth-order valence-electron chi connectivity index (χ4n) is 1.71. The van der Waals surface area contributed by atoms with Crippen molar-refractivity contribution < 1.29 is 8.42 Å². The molecule has 0 aliphatic rings. The lowest BCUT2D eigenvalue weighted by Crippen LogP contribution is -2.17. The maximum atomic E-state index is 12.4. The molecule has 0 saturated heterocycles. The van der Waals surface area contributed by atoms with Gasteiger partial charge in [0.2, 0.25) is 0 Å². The average Bonchev–Trinajstić information content (AvgIpc) is 2.43. The lowest BCUT2D eigenvalue weighted by molar-refractivity contribution is 0.598. The Morgan fingerprint density at radius 3 is 2.55 bits per heavy atom. The Labute approximate surface area is 126 Å². The van der Waals surface area contributed by atoms with Gasteiger partial charge in [0.25, 0.3) is 10.0 Å². The number of pyridine rings is 1. The van der Waals surface area contributed by atoms with Crippen LogP contribution in [0.3, 0.4) is 0 Å². The molecule has 0 atom stereocenters. The topological polar surface area (TPSA) is 71.1 Å². The van der Waals surface area contributed by atoms with E-state index >= 15 is 0 Å². The summed E-state index contributed by atoms with van der Waals surface area (Å²) in [6.07, 6.45) is 1.45. The number of nitrogens with zero attached hydrogens (tertiary/aromatic N) is 1. The zero-order valence-corrected chi connectivity index (χ0v) is 13.4. The molecule has 5 nitrogen and oxygen atoms in total. The third-order valence-electron chi connectivity index (χ3n) is 2.81. The Morgan fingerprint density at radius 2 is 1.85 bits per heavy atom. The van der Waals surface area contributed by atoms with E-state index < -0.39 is 10.0 Å². The molecular weight excluding hydrogens is 342 g/mol. The van der Waals surface area contributed by atoms with Gasteiger partial charge >= 0.3 is 0 Å². The van der Waals surface area contributed by atoms with Gasteiger partial charge < -0.3 is 5.32 Å². The van der Waals surface area contributed by atoms with E-state index in [0.29, 0.717) is 11.4 Å². The van der Waals surface area contributed by atoms with Gasteiger partial charge in [-0.2, -0.15) is 8.42 Å². The van der Waals surface area contributed by atoms with Crippen molar-refractivity contribution in [1.29, 1.82) is 0 Å². The summed E-state index contributed by atoms with van der Waals surface area (Å²) in [6, 6.07) is 8.67. The van der Waals surface area contributed by atoms with E-state index in [2.05, 4.69) is 31.0 Å². The highest BCUT2D eigenvalue weighted by molar-refractivity contribution is 9.10. The van der Waals surface area contributed by atoms with E-state index in [4.69, 9.17) is 0 Å². The summed E-state index contributed by atoms with van der Waals surface area (Å²) in [7, 11) is -2.09. The van der Waals surface area contributed by atoms with Gasteiger partial charge in [0.1, 0.15) is 0 Å².